The molecule has 1 aromatic rings. The van der Waals surface area contributed by atoms with Crippen molar-refractivity contribution in [3.63, 3.8) is 0 Å². The summed E-state index contributed by atoms with van der Waals surface area (Å²) in [5.74, 6) is 0.547. The van der Waals surface area contributed by atoms with Crippen LogP contribution in [0, 0.1) is 5.92 Å². The quantitative estimate of drug-likeness (QED) is 0.773. The minimum absolute atomic E-state index is 0.167. The van der Waals surface area contributed by atoms with Gasteiger partial charge in [0.2, 0.25) is 0 Å². The maximum absolute atomic E-state index is 11.6. The molecule has 0 radical (unpaired) electrons. The van der Waals surface area contributed by atoms with E-state index in [-0.39, 0.29) is 6.03 Å². The third-order valence-electron chi connectivity index (χ3n) is 2.82. The number of anilines is 1. The predicted molar refractivity (Wildman–Crippen MR) is 69.5 cm³/mol. The molecule has 5 heteroatoms. The smallest absolute Gasteiger partial charge is 0.319 e. The molecule has 1 fully saturated rings. The fourth-order valence-corrected chi connectivity index (χ4v) is 1.96. The van der Waals surface area contributed by atoms with Gasteiger partial charge in [0.25, 0.3) is 0 Å². The first-order chi connectivity index (χ1) is 8.24. The molecule has 17 heavy (non-hydrogen) atoms. The second-order valence-electron chi connectivity index (χ2n) is 4.20. The number of carbonyl (C=O) groups is 1. The molecule has 0 aromatic heterocycles. The zero-order chi connectivity index (χ0) is 12.1. The van der Waals surface area contributed by atoms with Crippen molar-refractivity contribution < 1.29 is 4.79 Å². The zero-order valence-corrected chi connectivity index (χ0v) is 10.3. The van der Waals surface area contributed by atoms with Crippen molar-refractivity contribution in [3.05, 3.63) is 29.3 Å². The number of urea groups is 1. The molecule has 0 saturated carbocycles. The number of amides is 2. The van der Waals surface area contributed by atoms with Crippen molar-refractivity contribution in [1.82, 2.24) is 10.6 Å². The second-order valence-corrected chi connectivity index (χ2v) is 4.64. The first-order valence-electron chi connectivity index (χ1n) is 5.75. The highest BCUT2D eigenvalue weighted by atomic mass is 35.5. The molecule has 1 atom stereocenters. The predicted octanol–water partition coefficient (Wildman–Crippen LogP) is 2.07. The summed E-state index contributed by atoms with van der Waals surface area (Å²) in [5.41, 5.74) is 0.747. The molecular formula is C12H16ClN3O. The fourth-order valence-electron chi connectivity index (χ4n) is 1.83. The van der Waals surface area contributed by atoms with Gasteiger partial charge in [-0.3, -0.25) is 0 Å². The summed E-state index contributed by atoms with van der Waals surface area (Å²) in [5, 5.41) is 9.55. The maximum Gasteiger partial charge on any atom is 0.319 e. The summed E-state index contributed by atoms with van der Waals surface area (Å²) in [6.07, 6.45) is 1.13. The second kappa shape index (κ2) is 5.89. The zero-order valence-electron chi connectivity index (χ0n) is 9.50. The molecule has 0 aliphatic carbocycles. The highest BCUT2D eigenvalue weighted by molar-refractivity contribution is 6.30. The van der Waals surface area contributed by atoms with Crippen LogP contribution in [0.2, 0.25) is 5.02 Å². The van der Waals surface area contributed by atoms with E-state index >= 15 is 0 Å². The molecule has 2 amide bonds. The topological polar surface area (TPSA) is 53.2 Å². The van der Waals surface area contributed by atoms with Crippen molar-refractivity contribution in [2.45, 2.75) is 6.42 Å². The Balaban J connectivity index is 1.74. The Morgan fingerprint density at radius 1 is 1.41 bits per heavy atom. The summed E-state index contributed by atoms with van der Waals surface area (Å²) < 4.78 is 0. The van der Waals surface area contributed by atoms with Gasteiger partial charge in [0.05, 0.1) is 0 Å². The van der Waals surface area contributed by atoms with Gasteiger partial charge >= 0.3 is 6.03 Å². The Kier molecular flexibility index (Phi) is 4.23. The lowest BCUT2D eigenvalue weighted by molar-refractivity contribution is 0.250. The third-order valence-corrected chi connectivity index (χ3v) is 3.07. The number of benzene rings is 1. The number of carbonyl (C=O) groups excluding carboxylic acids is 1. The van der Waals surface area contributed by atoms with E-state index < -0.39 is 0 Å². The number of rotatable bonds is 3. The summed E-state index contributed by atoms with van der Waals surface area (Å²) >= 11 is 5.76. The lowest BCUT2D eigenvalue weighted by atomic mass is 10.1. The van der Waals surface area contributed by atoms with E-state index in [1.54, 1.807) is 24.3 Å². The molecule has 1 aliphatic rings. The van der Waals surface area contributed by atoms with Gasteiger partial charge in [-0.05, 0) is 49.7 Å². The lowest BCUT2D eigenvalue weighted by Gasteiger charge is -2.11. The van der Waals surface area contributed by atoms with Crippen LogP contribution in [0.5, 0.6) is 0 Å². The largest absolute Gasteiger partial charge is 0.338 e. The Bertz CT molecular complexity index is 374. The van der Waals surface area contributed by atoms with Gasteiger partial charge in [0, 0.05) is 17.3 Å². The molecule has 1 heterocycles. The summed E-state index contributed by atoms with van der Waals surface area (Å²) in [4.78, 5) is 11.6. The van der Waals surface area contributed by atoms with Crippen molar-refractivity contribution in [2.24, 2.45) is 5.92 Å². The normalized spacial score (nSPS) is 19.0. The van der Waals surface area contributed by atoms with Crippen molar-refractivity contribution >= 4 is 23.3 Å². The van der Waals surface area contributed by atoms with Gasteiger partial charge < -0.3 is 16.0 Å². The van der Waals surface area contributed by atoms with Crippen LogP contribution in [-0.4, -0.2) is 25.7 Å². The van der Waals surface area contributed by atoms with Crippen LogP contribution in [-0.2, 0) is 0 Å². The van der Waals surface area contributed by atoms with Crippen molar-refractivity contribution in [1.29, 1.82) is 0 Å². The minimum atomic E-state index is -0.167. The van der Waals surface area contributed by atoms with Gasteiger partial charge in [-0.15, -0.1) is 0 Å². The standard InChI is InChI=1S/C12H16ClN3O/c13-10-1-3-11(4-2-10)16-12(17)15-8-9-5-6-14-7-9/h1-4,9,14H,5-8H2,(H2,15,16,17). The first-order valence-corrected chi connectivity index (χ1v) is 6.13. The molecule has 92 valence electrons. The van der Waals surface area contributed by atoms with Gasteiger partial charge in [-0.1, -0.05) is 11.6 Å². The number of halogens is 1. The van der Waals surface area contributed by atoms with E-state index in [1.165, 1.54) is 0 Å². The fraction of sp³-hybridized carbons (Fsp3) is 0.417. The molecule has 0 bridgehead atoms. The Hall–Kier alpha value is -1.26. The minimum Gasteiger partial charge on any atom is -0.338 e. The van der Waals surface area contributed by atoms with E-state index in [0.29, 0.717) is 17.5 Å². The van der Waals surface area contributed by atoms with Crippen LogP contribution in [0.15, 0.2) is 24.3 Å². The average molecular weight is 254 g/mol. The SMILES string of the molecule is O=C(NCC1CCNC1)Nc1ccc(Cl)cc1. The summed E-state index contributed by atoms with van der Waals surface area (Å²) in [6, 6.07) is 6.88. The Morgan fingerprint density at radius 3 is 2.82 bits per heavy atom. The number of hydrogen-bond acceptors (Lipinski definition) is 2. The van der Waals surface area contributed by atoms with Gasteiger partial charge in [-0.25, -0.2) is 4.79 Å². The van der Waals surface area contributed by atoms with E-state index in [1.807, 2.05) is 0 Å². The summed E-state index contributed by atoms with van der Waals surface area (Å²) in [6.45, 7) is 2.75. The Morgan fingerprint density at radius 2 is 2.18 bits per heavy atom. The molecule has 1 aromatic carbocycles. The van der Waals surface area contributed by atoms with Crippen molar-refractivity contribution in [3.8, 4) is 0 Å². The highest BCUT2D eigenvalue weighted by Gasteiger charge is 2.14. The number of nitrogens with one attached hydrogen (secondary N) is 3. The van der Waals surface area contributed by atoms with Crippen LogP contribution in [0.3, 0.4) is 0 Å². The molecule has 4 nitrogen and oxygen atoms in total. The molecule has 1 unspecified atom stereocenters. The van der Waals surface area contributed by atoms with Crippen molar-refractivity contribution in [2.75, 3.05) is 25.0 Å². The Labute approximate surface area is 106 Å². The molecule has 2 rings (SSSR count). The maximum atomic E-state index is 11.6. The molecule has 1 aliphatic heterocycles. The van der Waals surface area contributed by atoms with E-state index in [9.17, 15) is 4.79 Å². The van der Waals surface area contributed by atoms with E-state index in [2.05, 4.69) is 16.0 Å². The monoisotopic (exact) mass is 253 g/mol. The van der Waals surface area contributed by atoms with Crippen LogP contribution in [0.4, 0.5) is 10.5 Å². The first kappa shape index (κ1) is 12.2. The van der Waals surface area contributed by atoms with Crippen LogP contribution < -0.4 is 16.0 Å². The molecular weight excluding hydrogens is 238 g/mol. The van der Waals surface area contributed by atoms with Gasteiger partial charge in [-0.2, -0.15) is 0 Å². The summed E-state index contributed by atoms with van der Waals surface area (Å²) in [7, 11) is 0. The third kappa shape index (κ3) is 3.91. The van der Waals surface area contributed by atoms with Crippen LogP contribution in [0.25, 0.3) is 0 Å². The van der Waals surface area contributed by atoms with Gasteiger partial charge in [0.1, 0.15) is 0 Å². The number of hydrogen-bond donors (Lipinski definition) is 3. The highest BCUT2D eigenvalue weighted by Crippen LogP contribution is 2.13. The molecule has 1 saturated heterocycles. The average Bonchev–Trinajstić information content (AvgIpc) is 2.83. The van der Waals surface area contributed by atoms with E-state index in [0.717, 1.165) is 25.2 Å². The lowest BCUT2D eigenvalue weighted by Crippen LogP contribution is -2.33. The molecule has 3 N–H and O–H groups in total. The van der Waals surface area contributed by atoms with Gasteiger partial charge in [0.15, 0.2) is 0 Å². The van der Waals surface area contributed by atoms with Crippen LogP contribution in [0.1, 0.15) is 6.42 Å². The van der Waals surface area contributed by atoms with E-state index in [4.69, 9.17) is 11.6 Å². The van der Waals surface area contributed by atoms with Crippen LogP contribution >= 0.6 is 11.6 Å². The molecule has 0 spiro atoms.